The molecule has 0 fully saturated rings. The molecule has 1 atom stereocenters. The topological polar surface area (TPSA) is 20.2 Å². The van der Waals surface area contributed by atoms with E-state index in [4.69, 9.17) is 11.6 Å². The van der Waals surface area contributed by atoms with Crippen molar-refractivity contribution in [3.05, 3.63) is 34.3 Å². The second-order valence-corrected chi connectivity index (χ2v) is 4.83. The van der Waals surface area contributed by atoms with E-state index in [1.807, 2.05) is 0 Å². The molecule has 1 rings (SSSR count). The quantitative estimate of drug-likeness (QED) is 0.824. The van der Waals surface area contributed by atoms with Gasteiger partial charge in [-0.15, -0.1) is 0 Å². The molecule has 0 spiro atoms. The fourth-order valence-corrected chi connectivity index (χ4v) is 2.10. The van der Waals surface area contributed by atoms with E-state index in [9.17, 15) is 31.4 Å². The van der Waals surface area contributed by atoms with E-state index < -0.39 is 30.8 Å². The first-order chi connectivity index (χ1) is 8.93. The zero-order chi connectivity index (χ0) is 15.7. The molecule has 0 radical (unpaired) electrons. The van der Waals surface area contributed by atoms with Gasteiger partial charge in [-0.3, -0.25) is 0 Å². The Morgan fingerprint density at radius 2 is 1.60 bits per heavy atom. The molecular formula is C12H11ClF6O. The molecule has 0 saturated heterocycles. The van der Waals surface area contributed by atoms with Crippen molar-refractivity contribution in [3.63, 3.8) is 0 Å². The molecule has 1 unspecified atom stereocenters. The first-order valence-electron chi connectivity index (χ1n) is 5.49. The highest BCUT2D eigenvalue weighted by molar-refractivity contribution is 6.31. The lowest BCUT2D eigenvalue weighted by Crippen LogP contribution is -2.45. The predicted octanol–water partition coefficient (Wildman–Crippen LogP) is 4.29. The van der Waals surface area contributed by atoms with Crippen LogP contribution in [0.4, 0.5) is 26.3 Å². The zero-order valence-corrected chi connectivity index (χ0v) is 10.9. The highest BCUT2D eigenvalue weighted by atomic mass is 35.5. The van der Waals surface area contributed by atoms with Gasteiger partial charge < -0.3 is 5.11 Å². The molecule has 1 nitrogen and oxygen atoms in total. The molecule has 1 aromatic carbocycles. The minimum Gasteiger partial charge on any atom is -0.392 e. The Balaban J connectivity index is 3.00. The summed E-state index contributed by atoms with van der Waals surface area (Å²) < 4.78 is 74.5. The Kier molecular flexibility index (Phi) is 4.97. The van der Waals surface area contributed by atoms with Crippen molar-refractivity contribution in [3.8, 4) is 0 Å². The van der Waals surface area contributed by atoms with Crippen molar-refractivity contribution in [2.24, 2.45) is 5.92 Å². The molecule has 0 bridgehead atoms. The molecule has 0 aliphatic rings. The van der Waals surface area contributed by atoms with Crippen molar-refractivity contribution >= 4 is 11.6 Å². The van der Waals surface area contributed by atoms with Gasteiger partial charge in [0.15, 0.2) is 5.92 Å². The number of hydrogen-bond acceptors (Lipinski definition) is 1. The Morgan fingerprint density at radius 1 is 1.10 bits per heavy atom. The Bertz CT molecular complexity index is 454. The number of rotatable bonds is 3. The minimum absolute atomic E-state index is 0.0205. The van der Waals surface area contributed by atoms with Crippen molar-refractivity contribution in [1.29, 1.82) is 0 Å². The van der Waals surface area contributed by atoms with E-state index in [1.54, 1.807) is 6.92 Å². The summed E-state index contributed by atoms with van der Waals surface area (Å²) in [5.41, 5.74) is 0.736. The van der Waals surface area contributed by atoms with Gasteiger partial charge in [0.05, 0.1) is 6.10 Å². The third kappa shape index (κ3) is 4.28. The van der Waals surface area contributed by atoms with Crippen LogP contribution >= 0.6 is 11.6 Å². The van der Waals surface area contributed by atoms with Crippen LogP contribution < -0.4 is 0 Å². The van der Waals surface area contributed by atoms with Gasteiger partial charge in [0.2, 0.25) is 0 Å². The third-order valence-electron chi connectivity index (χ3n) is 2.73. The van der Waals surface area contributed by atoms with Gasteiger partial charge in [-0.2, -0.15) is 26.3 Å². The summed E-state index contributed by atoms with van der Waals surface area (Å²) in [6.07, 6.45) is -14.6. The van der Waals surface area contributed by atoms with Crippen LogP contribution in [0.3, 0.4) is 0 Å². The van der Waals surface area contributed by atoms with Crippen molar-refractivity contribution < 1.29 is 31.4 Å². The van der Waals surface area contributed by atoms with Crippen LogP contribution in [0.5, 0.6) is 0 Å². The highest BCUT2D eigenvalue weighted by Gasteiger charge is 2.60. The molecule has 0 aliphatic carbocycles. The summed E-state index contributed by atoms with van der Waals surface area (Å²) in [5, 5.41) is 9.35. The molecule has 0 heterocycles. The van der Waals surface area contributed by atoms with E-state index >= 15 is 0 Å². The zero-order valence-electron chi connectivity index (χ0n) is 10.2. The van der Waals surface area contributed by atoms with Crippen molar-refractivity contribution in [2.75, 3.05) is 0 Å². The molecule has 20 heavy (non-hydrogen) atoms. The fourth-order valence-electron chi connectivity index (χ4n) is 1.78. The van der Waals surface area contributed by atoms with Crippen molar-refractivity contribution in [2.45, 2.75) is 31.8 Å². The van der Waals surface area contributed by atoms with Gasteiger partial charge in [0, 0.05) is 11.4 Å². The lowest BCUT2D eigenvalue weighted by molar-refractivity contribution is -0.305. The maximum Gasteiger partial charge on any atom is 0.403 e. The molecule has 0 saturated carbocycles. The van der Waals surface area contributed by atoms with E-state index in [0.29, 0.717) is 5.56 Å². The van der Waals surface area contributed by atoms with E-state index in [1.165, 1.54) is 18.2 Å². The minimum atomic E-state index is -5.57. The largest absolute Gasteiger partial charge is 0.403 e. The summed E-state index contributed by atoms with van der Waals surface area (Å²) in [5.74, 6) is -3.80. The van der Waals surface area contributed by atoms with E-state index in [0.717, 1.165) is 0 Å². The number of aryl methyl sites for hydroxylation is 1. The van der Waals surface area contributed by atoms with Crippen molar-refractivity contribution in [1.82, 2.24) is 0 Å². The number of halogens is 7. The molecule has 0 amide bonds. The SMILES string of the molecule is Cc1ccc(CC(O)C(C(F)(F)F)C(F)(F)F)c(Cl)c1. The highest BCUT2D eigenvalue weighted by Crippen LogP contribution is 2.42. The van der Waals surface area contributed by atoms with Gasteiger partial charge in [-0.25, -0.2) is 0 Å². The number of hydrogen-bond donors (Lipinski definition) is 1. The van der Waals surface area contributed by atoms with Crippen LogP contribution in [0.2, 0.25) is 5.02 Å². The predicted molar refractivity (Wildman–Crippen MR) is 61.5 cm³/mol. The second-order valence-electron chi connectivity index (χ2n) is 4.43. The Labute approximate surface area is 116 Å². The molecule has 1 aromatic rings. The van der Waals surface area contributed by atoms with E-state index in [2.05, 4.69) is 0 Å². The second kappa shape index (κ2) is 5.81. The molecule has 8 heteroatoms. The molecule has 0 aliphatic heterocycles. The van der Waals surface area contributed by atoms with Crippen LogP contribution in [-0.2, 0) is 6.42 Å². The Morgan fingerprint density at radius 3 is 2.00 bits per heavy atom. The number of alkyl halides is 6. The lowest BCUT2D eigenvalue weighted by atomic mass is 9.94. The summed E-state index contributed by atoms with van der Waals surface area (Å²) in [7, 11) is 0. The van der Waals surface area contributed by atoms with Gasteiger partial charge >= 0.3 is 12.4 Å². The third-order valence-corrected chi connectivity index (χ3v) is 3.08. The van der Waals surface area contributed by atoms with Crippen LogP contribution in [0, 0.1) is 12.8 Å². The molecule has 1 N–H and O–H groups in total. The van der Waals surface area contributed by atoms with Crippen LogP contribution in [0.1, 0.15) is 11.1 Å². The number of benzene rings is 1. The summed E-state index contributed by atoms with van der Waals surface area (Å²) >= 11 is 5.73. The van der Waals surface area contributed by atoms with Crippen LogP contribution in [0.15, 0.2) is 18.2 Å². The smallest absolute Gasteiger partial charge is 0.392 e. The van der Waals surface area contributed by atoms with Crippen LogP contribution in [0.25, 0.3) is 0 Å². The average Bonchev–Trinajstić information content (AvgIpc) is 2.17. The normalized spacial score (nSPS) is 14.7. The standard InChI is InChI=1S/C12H11ClF6O/c1-6-2-3-7(8(13)4-6)5-9(20)10(11(14,15)16)12(17,18)19/h2-4,9-10,20H,5H2,1H3. The van der Waals surface area contributed by atoms with E-state index in [-0.39, 0.29) is 10.6 Å². The summed E-state index contributed by atoms with van der Waals surface area (Å²) in [4.78, 5) is 0. The maximum atomic E-state index is 12.4. The monoisotopic (exact) mass is 320 g/mol. The number of aliphatic hydroxyl groups excluding tert-OH is 1. The summed E-state index contributed by atoms with van der Waals surface area (Å²) in [6, 6.07) is 4.19. The van der Waals surface area contributed by atoms with Gasteiger partial charge in [-0.1, -0.05) is 23.7 Å². The first-order valence-corrected chi connectivity index (χ1v) is 5.87. The lowest BCUT2D eigenvalue weighted by Gasteiger charge is -2.27. The van der Waals surface area contributed by atoms with Gasteiger partial charge in [0.1, 0.15) is 0 Å². The Hall–Kier alpha value is -0.950. The molecular weight excluding hydrogens is 310 g/mol. The maximum absolute atomic E-state index is 12.4. The average molecular weight is 321 g/mol. The molecule has 114 valence electrons. The fraction of sp³-hybridized carbons (Fsp3) is 0.500. The molecule has 0 aromatic heterocycles. The van der Waals surface area contributed by atoms with Gasteiger partial charge in [-0.05, 0) is 24.1 Å². The summed E-state index contributed by atoms with van der Waals surface area (Å²) in [6.45, 7) is 1.67. The van der Waals surface area contributed by atoms with Crippen LogP contribution in [-0.4, -0.2) is 23.6 Å². The van der Waals surface area contributed by atoms with Gasteiger partial charge in [0.25, 0.3) is 0 Å². The number of aliphatic hydroxyl groups is 1. The first kappa shape index (κ1) is 17.1.